The van der Waals surface area contributed by atoms with Crippen molar-refractivity contribution in [3.63, 3.8) is 0 Å². The first-order valence-electron chi connectivity index (χ1n) is 6.40. The second-order valence-electron chi connectivity index (χ2n) is 5.28. The Hall–Kier alpha value is -0.0900. The lowest BCUT2D eigenvalue weighted by molar-refractivity contribution is 0.241. The van der Waals surface area contributed by atoms with E-state index in [2.05, 4.69) is 6.92 Å². The second-order valence-corrected chi connectivity index (χ2v) is 7.59. The monoisotopic (exact) mass is 247 g/mol. The molecule has 3 atom stereocenters. The highest BCUT2D eigenvalue weighted by molar-refractivity contribution is 7.91. The van der Waals surface area contributed by atoms with Gasteiger partial charge in [0.2, 0.25) is 0 Å². The lowest BCUT2D eigenvalue weighted by Crippen LogP contribution is -2.36. The van der Waals surface area contributed by atoms with Crippen molar-refractivity contribution in [3.05, 3.63) is 0 Å². The van der Waals surface area contributed by atoms with Crippen LogP contribution in [-0.2, 0) is 9.84 Å². The van der Waals surface area contributed by atoms with Crippen molar-refractivity contribution in [1.82, 2.24) is 0 Å². The molecule has 0 aliphatic heterocycles. The van der Waals surface area contributed by atoms with Crippen LogP contribution in [0.15, 0.2) is 0 Å². The maximum absolute atomic E-state index is 11.6. The Morgan fingerprint density at radius 1 is 1.25 bits per heavy atom. The summed E-state index contributed by atoms with van der Waals surface area (Å²) in [6, 6.07) is 0.216. The van der Waals surface area contributed by atoms with Crippen molar-refractivity contribution in [2.24, 2.45) is 17.6 Å². The summed E-state index contributed by atoms with van der Waals surface area (Å²) in [5.74, 6) is 1.77. The molecule has 0 aromatic heterocycles. The summed E-state index contributed by atoms with van der Waals surface area (Å²) in [5, 5.41) is 0. The maximum atomic E-state index is 11.6. The van der Waals surface area contributed by atoms with Gasteiger partial charge >= 0.3 is 0 Å². The third-order valence-electron chi connectivity index (χ3n) is 3.62. The standard InChI is InChI=1S/C12H25NO2S/c1-3-7-16(14,15)8-6-11-9-10(2)4-5-12(11)13/h10-12H,3-9,13H2,1-2H3. The van der Waals surface area contributed by atoms with E-state index in [9.17, 15) is 8.42 Å². The van der Waals surface area contributed by atoms with E-state index in [0.717, 1.165) is 25.7 Å². The van der Waals surface area contributed by atoms with E-state index in [1.807, 2.05) is 6.92 Å². The quantitative estimate of drug-likeness (QED) is 0.808. The Kier molecular flexibility index (Phi) is 5.25. The maximum Gasteiger partial charge on any atom is 0.150 e. The Balaban J connectivity index is 2.41. The molecule has 1 fully saturated rings. The van der Waals surface area contributed by atoms with Crippen molar-refractivity contribution in [3.8, 4) is 0 Å². The molecule has 1 aliphatic rings. The molecule has 0 heterocycles. The fourth-order valence-electron chi connectivity index (χ4n) is 2.60. The highest BCUT2D eigenvalue weighted by Crippen LogP contribution is 2.30. The summed E-state index contributed by atoms with van der Waals surface area (Å²) in [4.78, 5) is 0. The van der Waals surface area contributed by atoms with Crippen LogP contribution in [-0.4, -0.2) is 26.0 Å². The molecule has 0 amide bonds. The van der Waals surface area contributed by atoms with E-state index in [1.165, 1.54) is 6.42 Å². The Bertz CT molecular complexity index is 300. The molecule has 2 N–H and O–H groups in total. The molecule has 1 rings (SSSR count). The molecule has 0 radical (unpaired) electrons. The van der Waals surface area contributed by atoms with E-state index < -0.39 is 9.84 Å². The number of sulfone groups is 1. The molecule has 0 spiro atoms. The van der Waals surface area contributed by atoms with E-state index in [0.29, 0.717) is 23.3 Å². The number of rotatable bonds is 5. The SMILES string of the molecule is CCCS(=O)(=O)CCC1CC(C)CCC1N. The largest absolute Gasteiger partial charge is 0.327 e. The van der Waals surface area contributed by atoms with E-state index in [-0.39, 0.29) is 6.04 Å². The van der Waals surface area contributed by atoms with Crippen molar-refractivity contribution in [2.75, 3.05) is 11.5 Å². The minimum Gasteiger partial charge on any atom is -0.327 e. The van der Waals surface area contributed by atoms with Gasteiger partial charge in [0.15, 0.2) is 0 Å². The summed E-state index contributed by atoms with van der Waals surface area (Å²) in [6.45, 7) is 4.14. The molecular formula is C12H25NO2S. The van der Waals surface area contributed by atoms with Crippen LogP contribution in [0.1, 0.15) is 46.0 Å². The van der Waals surface area contributed by atoms with Crippen molar-refractivity contribution >= 4 is 9.84 Å². The minimum absolute atomic E-state index is 0.216. The number of nitrogens with two attached hydrogens (primary N) is 1. The molecule has 0 aromatic carbocycles. The van der Waals surface area contributed by atoms with E-state index in [4.69, 9.17) is 5.73 Å². The molecule has 3 nitrogen and oxygen atoms in total. The van der Waals surface area contributed by atoms with Crippen LogP contribution in [0.3, 0.4) is 0 Å². The van der Waals surface area contributed by atoms with Crippen LogP contribution in [0.4, 0.5) is 0 Å². The topological polar surface area (TPSA) is 60.2 Å². The van der Waals surface area contributed by atoms with E-state index in [1.54, 1.807) is 0 Å². The van der Waals surface area contributed by atoms with Gasteiger partial charge in [-0.2, -0.15) is 0 Å². The normalized spacial score (nSPS) is 31.6. The summed E-state index contributed by atoms with van der Waals surface area (Å²) in [5.41, 5.74) is 6.05. The summed E-state index contributed by atoms with van der Waals surface area (Å²) in [7, 11) is -2.83. The van der Waals surface area contributed by atoms with Gasteiger partial charge < -0.3 is 5.73 Å². The first-order valence-corrected chi connectivity index (χ1v) is 8.22. The lowest BCUT2D eigenvalue weighted by Gasteiger charge is -2.32. The lowest BCUT2D eigenvalue weighted by atomic mass is 9.78. The highest BCUT2D eigenvalue weighted by atomic mass is 32.2. The number of hydrogen-bond acceptors (Lipinski definition) is 3. The van der Waals surface area contributed by atoms with Gasteiger partial charge in [-0.05, 0) is 43.9 Å². The van der Waals surface area contributed by atoms with Gasteiger partial charge in [0.25, 0.3) is 0 Å². The van der Waals surface area contributed by atoms with Gasteiger partial charge in [-0.3, -0.25) is 0 Å². The molecule has 1 aliphatic carbocycles. The van der Waals surface area contributed by atoms with Gasteiger partial charge in [-0.1, -0.05) is 13.8 Å². The fourth-order valence-corrected chi connectivity index (χ4v) is 4.09. The Morgan fingerprint density at radius 3 is 2.56 bits per heavy atom. The molecular weight excluding hydrogens is 222 g/mol. The molecule has 16 heavy (non-hydrogen) atoms. The van der Waals surface area contributed by atoms with Crippen LogP contribution in [0.25, 0.3) is 0 Å². The van der Waals surface area contributed by atoms with E-state index >= 15 is 0 Å². The van der Waals surface area contributed by atoms with Gasteiger partial charge in [-0.15, -0.1) is 0 Å². The molecule has 3 unspecified atom stereocenters. The van der Waals surface area contributed by atoms with Gasteiger partial charge in [0.1, 0.15) is 9.84 Å². The van der Waals surface area contributed by atoms with Gasteiger partial charge in [0.05, 0.1) is 5.75 Å². The fraction of sp³-hybridized carbons (Fsp3) is 1.00. The molecule has 4 heteroatoms. The molecule has 0 aromatic rings. The van der Waals surface area contributed by atoms with Crippen LogP contribution in [0, 0.1) is 11.8 Å². The second kappa shape index (κ2) is 6.01. The first-order chi connectivity index (χ1) is 7.44. The van der Waals surface area contributed by atoms with Crippen molar-refractivity contribution in [1.29, 1.82) is 0 Å². The summed E-state index contributed by atoms with van der Waals surface area (Å²) < 4.78 is 23.2. The number of hydrogen-bond donors (Lipinski definition) is 1. The smallest absolute Gasteiger partial charge is 0.150 e. The summed E-state index contributed by atoms with van der Waals surface area (Å²) >= 11 is 0. The average molecular weight is 247 g/mol. The summed E-state index contributed by atoms with van der Waals surface area (Å²) in [6.07, 6.45) is 4.82. The van der Waals surface area contributed by atoms with Crippen LogP contribution >= 0.6 is 0 Å². The van der Waals surface area contributed by atoms with Gasteiger partial charge in [-0.25, -0.2) is 8.42 Å². The Morgan fingerprint density at radius 2 is 1.94 bits per heavy atom. The molecule has 1 saturated carbocycles. The predicted octanol–water partition coefficient (Wildman–Crippen LogP) is 1.96. The third-order valence-corrected chi connectivity index (χ3v) is 5.51. The predicted molar refractivity (Wildman–Crippen MR) is 68.0 cm³/mol. The van der Waals surface area contributed by atoms with Gasteiger partial charge in [0, 0.05) is 11.8 Å². The third kappa shape index (κ3) is 4.42. The van der Waals surface area contributed by atoms with Crippen molar-refractivity contribution in [2.45, 2.75) is 52.0 Å². The van der Waals surface area contributed by atoms with Crippen LogP contribution < -0.4 is 5.73 Å². The Labute approximate surface area is 99.7 Å². The first kappa shape index (κ1) is 14.0. The molecule has 96 valence electrons. The highest BCUT2D eigenvalue weighted by Gasteiger charge is 2.26. The molecule has 0 saturated heterocycles. The molecule has 0 bridgehead atoms. The zero-order valence-corrected chi connectivity index (χ0v) is 11.3. The zero-order valence-electron chi connectivity index (χ0n) is 10.5. The van der Waals surface area contributed by atoms with Crippen LogP contribution in [0.2, 0.25) is 0 Å². The zero-order chi connectivity index (χ0) is 12.2. The minimum atomic E-state index is -2.83. The van der Waals surface area contributed by atoms with Crippen LogP contribution in [0.5, 0.6) is 0 Å². The average Bonchev–Trinajstić information content (AvgIpc) is 2.19. The van der Waals surface area contributed by atoms with Crippen molar-refractivity contribution < 1.29 is 8.42 Å².